The first-order valence-electron chi connectivity index (χ1n) is 6.47. The zero-order valence-corrected chi connectivity index (χ0v) is 11.4. The van der Waals surface area contributed by atoms with Crippen molar-refractivity contribution in [1.82, 2.24) is 9.97 Å². The third kappa shape index (κ3) is 2.67. The molecule has 1 aromatic carbocycles. The Hall–Kier alpha value is -2.95. The number of aromatic nitrogens is 2. The van der Waals surface area contributed by atoms with Gasteiger partial charge in [0.2, 0.25) is 0 Å². The number of pyridine rings is 2. The molecule has 0 aliphatic heterocycles. The van der Waals surface area contributed by atoms with Gasteiger partial charge in [0.15, 0.2) is 5.69 Å². The lowest BCUT2D eigenvalue weighted by Crippen LogP contribution is -2.03. The van der Waals surface area contributed by atoms with Crippen molar-refractivity contribution >= 4 is 28.4 Å². The average Bonchev–Trinajstić information content (AvgIpc) is 2.47. The van der Waals surface area contributed by atoms with Crippen LogP contribution >= 0.6 is 0 Å². The fourth-order valence-corrected chi connectivity index (χ4v) is 2.17. The van der Waals surface area contributed by atoms with Gasteiger partial charge in [-0.05, 0) is 31.2 Å². The lowest BCUT2D eigenvalue weighted by molar-refractivity contribution is 0.0690. The number of nitrogens with one attached hydrogen (secondary N) is 1. The molecule has 0 fully saturated rings. The van der Waals surface area contributed by atoms with E-state index in [0.29, 0.717) is 5.82 Å². The third-order valence-corrected chi connectivity index (χ3v) is 3.08. The van der Waals surface area contributed by atoms with Gasteiger partial charge in [-0.25, -0.2) is 9.78 Å². The van der Waals surface area contributed by atoms with Gasteiger partial charge in [0.25, 0.3) is 0 Å². The fraction of sp³-hybridized carbons (Fsp3) is 0.0625. The Morgan fingerprint density at radius 1 is 1.10 bits per heavy atom. The summed E-state index contributed by atoms with van der Waals surface area (Å²) in [6, 6.07) is 14.5. The van der Waals surface area contributed by atoms with Crippen molar-refractivity contribution in [2.45, 2.75) is 6.92 Å². The summed E-state index contributed by atoms with van der Waals surface area (Å²) in [4.78, 5) is 19.5. The molecule has 0 spiro atoms. The van der Waals surface area contributed by atoms with Crippen LogP contribution in [0.15, 0.2) is 48.5 Å². The number of aromatic carboxylic acids is 1. The number of benzene rings is 1. The summed E-state index contributed by atoms with van der Waals surface area (Å²) in [5.74, 6) is -0.555. The standard InChI is InChI=1S/C16H13N3O2/c1-10-9-14(11-5-2-3-6-12(11)17-10)19-15-8-4-7-13(18-15)16(20)21/h2-9H,1H3,(H,20,21)(H,17,18,19). The van der Waals surface area contributed by atoms with Gasteiger partial charge in [-0.2, -0.15) is 0 Å². The number of hydrogen-bond acceptors (Lipinski definition) is 4. The van der Waals surface area contributed by atoms with Crippen LogP contribution in [-0.2, 0) is 0 Å². The molecule has 2 aromatic heterocycles. The first-order chi connectivity index (χ1) is 10.1. The van der Waals surface area contributed by atoms with Crippen molar-refractivity contribution in [3.63, 3.8) is 0 Å². The Balaban J connectivity index is 2.05. The van der Waals surface area contributed by atoms with E-state index in [1.807, 2.05) is 37.3 Å². The van der Waals surface area contributed by atoms with Crippen LogP contribution in [0.25, 0.3) is 10.9 Å². The Bertz CT molecular complexity index is 831. The van der Waals surface area contributed by atoms with E-state index in [1.54, 1.807) is 12.1 Å². The van der Waals surface area contributed by atoms with Gasteiger partial charge in [0, 0.05) is 11.1 Å². The molecule has 5 nitrogen and oxygen atoms in total. The summed E-state index contributed by atoms with van der Waals surface area (Å²) >= 11 is 0. The van der Waals surface area contributed by atoms with Crippen molar-refractivity contribution < 1.29 is 9.90 Å². The number of aryl methyl sites for hydroxylation is 1. The van der Waals surface area contributed by atoms with Crippen LogP contribution in [0.5, 0.6) is 0 Å². The second kappa shape index (κ2) is 5.20. The van der Waals surface area contributed by atoms with E-state index in [2.05, 4.69) is 15.3 Å². The normalized spacial score (nSPS) is 10.5. The lowest BCUT2D eigenvalue weighted by atomic mass is 10.1. The summed E-state index contributed by atoms with van der Waals surface area (Å²) in [5.41, 5.74) is 2.63. The molecule has 0 saturated heterocycles. The number of fused-ring (bicyclic) bond motifs is 1. The van der Waals surface area contributed by atoms with Crippen LogP contribution in [0.4, 0.5) is 11.5 Å². The van der Waals surface area contributed by atoms with E-state index in [1.165, 1.54) is 6.07 Å². The summed E-state index contributed by atoms with van der Waals surface area (Å²) in [5, 5.41) is 13.1. The molecule has 0 saturated carbocycles. The first-order valence-corrected chi connectivity index (χ1v) is 6.47. The van der Waals surface area contributed by atoms with E-state index < -0.39 is 5.97 Å². The number of anilines is 2. The monoisotopic (exact) mass is 279 g/mol. The van der Waals surface area contributed by atoms with Crippen molar-refractivity contribution in [3.8, 4) is 0 Å². The van der Waals surface area contributed by atoms with E-state index in [-0.39, 0.29) is 5.69 Å². The molecule has 0 radical (unpaired) electrons. The Morgan fingerprint density at radius 3 is 2.71 bits per heavy atom. The number of carboxylic acids is 1. The number of para-hydroxylation sites is 1. The van der Waals surface area contributed by atoms with Gasteiger partial charge in [0.05, 0.1) is 11.2 Å². The number of nitrogens with zero attached hydrogens (tertiary/aromatic N) is 2. The summed E-state index contributed by atoms with van der Waals surface area (Å²) in [7, 11) is 0. The van der Waals surface area contributed by atoms with Gasteiger partial charge in [-0.3, -0.25) is 4.98 Å². The van der Waals surface area contributed by atoms with Crippen molar-refractivity contribution in [3.05, 3.63) is 59.9 Å². The number of carbonyl (C=O) groups is 1. The molecule has 0 unspecified atom stereocenters. The van der Waals surface area contributed by atoms with Gasteiger partial charge >= 0.3 is 5.97 Å². The Kier molecular flexibility index (Phi) is 3.23. The predicted octanol–water partition coefficient (Wildman–Crippen LogP) is 3.38. The Labute approximate surface area is 121 Å². The second-order valence-corrected chi connectivity index (χ2v) is 4.67. The zero-order valence-electron chi connectivity index (χ0n) is 11.4. The van der Waals surface area contributed by atoms with E-state index in [0.717, 1.165) is 22.3 Å². The van der Waals surface area contributed by atoms with Crippen molar-refractivity contribution in [2.24, 2.45) is 0 Å². The average molecular weight is 279 g/mol. The van der Waals surface area contributed by atoms with Crippen LogP contribution in [0.1, 0.15) is 16.2 Å². The van der Waals surface area contributed by atoms with Crippen LogP contribution in [0.2, 0.25) is 0 Å². The quantitative estimate of drug-likeness (QED) is 0.768. The minimum Gasteiger partial charge on any atom is -0.477 e. The SMILES string of the molecule is Cc1cc(Nc2cccc(C(=O)O)n2)c2ccccc2n1. The summed E-state index contributed by atoms with van der Waals surface area (Å²) in [6.45, 7) is 1.92. The molecular weight excluding hydrogens is 266 g/mol. The minimum absolute atomic E-state index is 0.00934. The zero-order chi connectivity index (χ0) is 14.8. The molecule has 3 rings (SSSR count). The fourth-order valence-electron chi connectivity index (χ4n) is 2.17. The highest BCUT2D eigenvalue weighted by atomic mass is 16.4. The molecule has 2 N–H and O–H groups in total. The molecule has 0 bridgehead atoms. The van der Waals surface area contributed by atoms with E-state index in [9.17, 15) is 4.79 Å². The van der Waals surface area contributed by atoms with Crippen LogP contribution < -0.4 is 5.32 Å². The molecule has 21 heavy (non-hydrogen) atoms. The van der Waals surface area contributed by atoms with Gasteiger partial charge in [-0.1, -0.05) is 24.3 Å². The maximum absolute atomic E-state index is 11.0. The molecule has 2 heterocycles. The summed E-state index contributed by atoms with van der Waals surface area (Å²) in [6.07, 6.45) is 0. The molecule has 0 atom stereocenters. The first kappa shape index (κ1) is 13.1. The van der Waals surface area contributed by atoms with Gasteiger partial charge < -0.3 is 10.4 Å². The molecule has 0 aliphatic carbocycles. The highest BCUT2D eigenvalue weighted by molar-refractivity contribution is 5.93. The smallest absolute Gasteiger partial charge is 0.354 e. The predicted molar refractivity (Wildman–Crippen MR) is 81.0 cm³/mol. The van der Waals surface area contributed by atoms with E-state index in [4.69, 9.17) is 5.11 Å². The summed E-state index contributed by atoms with van der Waals surface area (Å²) < 4.78 is 0. The molecule has 5 heteroatoms. The molecule has 3 aromatic rings. The van der Waals surface area contributed by atoms with Crippen LogP contribution in [-0.4, -0.2) is 21.0 Å². The van der Waals surface area contributed by atoms with Crippen LogP contribution in [0.3, 0.4) is 0 Å². The van der Waals surface area contributed by atoms with Crippen molar-refractivity contribution in [2.75, 3.05) is 5.32 Å². The number of hydrogen-bond donors (Lipinski definition) is 2. The largest absolute Gasteiger partial charge is 0.477 e. The highest BCUT2D eigenvalue weighted by Gasteiger charge is 2.07. The molecular formula is C16H13N3O2. The van der Waals surface area contributed by atoms with Crippen LogP contribution in [0, 0.1) is 6.92 Å². The highest BCUT2D eigenvalue weighted by Crippen LogP contribution is 2.25. The maximum Gasteiger partial charge on any atom is 0.354 e. The second-order valence-electron chi connectivity index (χ2n) is 4.67. The molecule has 0 aliphatic rings. The third-order valence-electron chi connectivity index (χ3n) is 3.08. The van der Waals surface area contributed by atoms with E-state index >= 15 is 0 Å². The number of rotatable bonds is 3. The maximum atomic E-state index is 11.0. The molecule has 0 amide bonds. The topological polar surface area (TPSA) is 75.1 Å². The van der Waals surface area contributed by atoms with Gasteiger partial charge in [-0.15, -0.1) is 0 Å². The number of carboxylic acid groups (broad SMARTS) is 1. The van der Waals surface area contributed by atoms with Gasteiger partial charge in [0.1, 0.15) is 5.82 Å². The van der Waals surface area contributed by atoms with Crippen molar-refractivity contribution in [1.29, 1.82) is 0 Å². The Morgan fingerprint density at radius 2 is 1.90 bits per heavy atom. The lowest BCUT2D eigenvalue weighted by Gasteiger charge is -2.10. The molecule has 104 valence electrons. The minimum atomic E-state index is -1.05.